The molecule has 4 rings (SSSR count). The number of rotatable bonds is 11. The van der Waals surface area contributed by atoms with Crippen LogP contribution in [-0.2, 0) is 6.54 Å². The van der Waals surface area contributed by atoms with E-state index in [4.69, 9.17) is 10.5 Å². The van der Waals surface area contributed by atoms with Gasteiger partial charge in [-0.1, -0.05) is 61.2 Å². The Kier molecular flexibility index (Phi) is 9.14. The number of para-hydroxylation sites is 1. The molecule has 37 heavy (non-hydrogen) atoms. The fourth-order valence-electron chi connectivity index (χ4n) is 4.80. The summed E-state index contributed by atoms with van der Waals surface area (Å²) in [6.07, 6.45) is 0.614. The number of ether oxygens (including phenoxy) is 1. The van der Waals surface area contributed by atoms with Crippen molar-refractivity contribution in [1.82, 2.24) is 14.7 Å². The molecular weight excluding hydrogens is 462 g/mol. The molecule has 1 saturated heterocycles. The Labute approximate surface area is 219 Å². The third-order valence-electron chi connectivity index (χ3n) is 6.75. The fraction of sp³-hybridized carbons (Fsp3) is 0.333. The van der Waals surface area contributed by atoms with E-state index in [9.17, 15) is 10.1 Å². The van der Waals surface area contributed by atoms with Crippen molar-refractivity contribution in [3.05, 3.63) is 90.0 Å². The number of amides is 2. The Hall–Kier alpha value is -3.86. The van der Waals surface area contributed by atoms with Crippen LogP contribution in [0.25, 0.3) is 10.8 Å². The molecule has 0 atom stereocenters. The van der Waals surface area contributed by atoms with Crippen molar-refractivity contribution in [1.29, 1.82) is 5.26 Å². The normalized spacial score (nSPS) is 14.2. The second-order valence-corrected chi connectivity index (χ2v) is 9.51. The van der Waals surface area contributed by atoms with Gasteiger partial charge in [-0.05, 0) is 40.5 Å². The average molecular weight is 498 g/mol. The Bertz CT molecular complexity index is 1250. The molecule has 0 spiro atoms. The molecule has 0 aromatic heterocycles. The molecule has 3 aromatic rings. The van der Waals surface area contributed by atoms with Crippen molar-refractivity contribution in [2.45, 2.75) is 13.0 Å². The highest BCUT2D eigenvalue weighted by molar-refractivity contribution is 5.85. The van der Waals surface area contributed by atoms with Crippen LogP contribution in [0.3, 0.4) is 0 Å². The van der Waals surface area contributed by atoms with Gasteiger partial charge in [0.25, 0.3) is 0 Å². The Morgan fingerprint density at radius 2 is 1.70 bits per heavy atom. The zero-order valence-electron chi connectivity index (χ0n) is 21.3. The molecule has 7 heteroatoms. The van der Waals surface area contributed by atoms with Crippen LogP contribution in [0.1, 0.15) is 17.5 Å². The summed E-state index contributed by atoms with van der Waals surface area (Å²) in [5.74, 6) is 0.555. The van der Waals surface area contributed by atoms with Gasteiger partial charge in [0, 0.05) is 52.4 Å². The lowest BCUT2D eigenvalue weighted by atomic mass is 10.0. The minimum Gasteiger partial charge on any atom is -0.492 e. The predicted molar refractivity (Wildman–Crippen MR) is 147 cm³/mol. The lowest BCUT2D eigenvalue weighted by Crippen LogP contribution is -2.47. The highest BCUT2D eigenvalue weighted by Gasteiger charge is 2.19. The van der Waals surface area contributed by atoms with Crippen molar-refractivity contribution < 1.29 is 9.53 Å². The standard InChI is InChI=1S/C30H35N5O2/c1-24(22-35(30(32)36)14-7-19-37-29-13-5-3-9-26(29)20-31)21-33-15-17-34(18-16-33)23-27-11-6-10-25-8-2-4-12-28(25)27/h2-6,8-13H,1,7,14-19,21-23H2,(H2,32,36). The first kappa shape index (κ1) is 26.2. The van der Waals surface area contributed by atoms with Gasteiger partial charge in [-0.2, -0.15) is 5.26 Å². The van der Waals surface area contributed by atoms with Crippen molar-refractivity contribution >= 4 is 16.8 Å². The van der Waals surface area contributed by atoms with Gasteiger partial charge in [-0.3, -0.25) is 9.80 Å². The Morgan fingerprint density at radius 3 is 2.49 bits per heavy atom. The van der Waals surface area contributed by atoms with Gasteiger partial charge in [0.05, 0.1) is 12.2 Å². The van der Waals surface area contributed by atoms with Crippen LogP contribution in [0.5, 0.6) is 5.75 Å². The molecule has 0 aliphatic carbocycles. The minimum absolute atomic E-state index is 0.396. The summed E-state index contributed by atoms with van der Waals surface area (Å²) in [7, 11) is 0. The van der Waals surface area contributed by atoms with Gasteiger partial charge in [-0.15, -0.1) is 0 Å². The maximum absolute atomic E-state index is 12.0. The van der Waals surface area contributed by atoms with E-state index in [0.29, 0.717) is 37.4 Å². The number of nitrogens with two attached hydrogens (primary N) is 1. The summed E-state index contributed by atoms with van der Waals surface area (Å²) in [6.45, 7) is 11.1. The number of urea groups is 1. The van der Waals surface area contributed by atoms with Gasteiger partial charge in [-0.25, -0.2) is 4.79 Å². The van der Waals surface area contributed by atoms with Gasteiger partial charge in [0.2, 0.25) is 0 Å². The SMILES string of the molecule is C=C(CN1CCN(Cc2cccc3ccccc23)CC1)CN(CCCOc1ccccc1C#N)C(N)=O. The molecule has 2 N–H and O–H groups in total. The summed E-state index contributed by atoms with van der Waals surface area (Å²) in [5, 5.41) is 11.8. The number of carbonyl (C=O) groups is 1. The first-order valence-electron chi connectivity index (χ1n) is 12.8. The lowest BCUT2D eigenvalue weighted by Gasteiger charge is -2.35. The average Bonchev–Trinajstić information content (AvgIpc) is 2.91. The number of nitriles is 1. The van der Waals surface area contributed by atoms with Crippen molar-refractivity contribution in [2.24, 2.45) is 5.73 Å². The third kappa shape index (κ3) is 7.32. The van der Waals surface area contributed by atoms with Gasteiger partial charge in [0.1, 0.15) is 11.8 Å². The number of hydrogen-bond donors (Lipinski definition) is 1. The molecule has 1 aliphatic heterocycles. The topological polar surface area (TPSA) is 85.8 Å². The minimum atomic E-state index is -0.460. The van der Waals surface area contributed by atoms with E-state index in [0.717, 1.165) is 44.8 Å². The van der Waals surface area contributed by atoms with Crippen molar-refractivity contribution in [3.63, 3.8) is 0 Å². The highest BCUT2D eigenvalue weighted by atomic mass is 16.5. The second kappa shape index (κ2) is 12.9. The molecular formula is C30H35N5O2. The number of carbonyl (C=O) groups excluding carboxylic acids is 1. The largest absolute Gasteiger partial charge is 0.492 e. The van der Waals surface area contributed by atoms with Gasteiger partial charge in [0.15, 0.2) is 0 Å². The number of benzene rings is 3. The van der Waals surface area contributed by atoms with E-state index < -0.39 is 6.03 Å². The summed E-state index contributed by atoms with van der Waals surface area (Å²) in [6, 6.07) is 23.9. The maximum Gasteiger partial charge on any atom is 0.315 e. The van der Waals surface area contributed by atoms with Crippen LogP contribution >= 0.6 is 0 Å². The zero-order valence-corrected chi connectivity index (χ0v) is 21.3. The molecule has 2 amide bonds. The summed E-state index contributed by atoms with van der Waals surface area (Å²) in [5.41, 5.74) is 8.47. The molecule has 192 valence electrons. The van der Waals surface area contributed by atoms with E-state index in [1.807, 2.05) is 6.07 Å². The Balaban J connectivity index is 1.19. The number of nitrogens with zero attached hydrogens (tertiary/aromatic N) is 4. The van der Waals surface area contributed by atoms with E-state index in [2.05, 4.69) is 64.9 Å². The van der Waals surface area contributed by atoms with E-state index in [-0.39, 0.29) is 0 Å². The van der Waals surface area contributed by atoms with Crippen LogP contribution in [0, 0.1) is 11.3 Å². The number of fused-ring (bicyclic) bond motifs is 1. The van der Waals surface area contributed by atoms with Crippen LogP contribution in [-0.4, -0.2) is 73.2 Å². The van der Waals surface area contributed by atoms with Crippen LogP contribution in [0.4, 0.5) is 4.79 Å². The number of primary amides is 1. The van der Waals surface area contributed by atoms with Gasteiger partial charge >= 0.3 is 6.03 Å². The van der Waals surface area contributed by atoms with Crippen LogP contribution in [0.15, 0.2) is 78.9 Å². The van der Waals surface area contributed by atoms with Crippen molar-refractivity contribution in [2.75, 3.05) is 52.4 Å². The smallest absolute Gasteiger partial charge is 0.315 e. The quantitative estimate of drug-likeness (QED) is 0.316. The van der Waals surface area contributed by atoms with E-state index in [1.54, 1.807) is 23.1 Å². The fourth-order valence-corrected chi connectivity index (χ4v) is 4.80. The van der Waals surface area contributed by atoms with E-state index >= 15 is 0 Å². The number of hydrogen-bond acceptors (Lipinski definition) is 5. The predicted octanol–water partition coefficient (Wildman–Crippen LogP) is 4.24. The number of piperazine rings is 1. The van der Waals surface area contributed by atoms with Crippen LogP contribution < -0.4 is 10.5 Å². The van der Waals surface area contributed by atoms with Crippen LogP contribution in [0.2, 0.25) is 0 Å². The zero-order chi connectivity index (χ0) is 26.0. The summed E-state index contributed by atoms with van der Waals surface area (Å²) < 4.78 is 5.72. The summed E-state index contributed by atoms with van der Waals surface area (Å²) in [4.78, 5) is 18.5. The molecule has 0 unspecified atom stereocenters. The Morgan fingerprint density at radius 1 is 1.00 bits per heavy atom. The van der Waals surface area contributed by atoms with E-state index in [1.165, 1.54) is 16.3 Å². The third-order valence-corrected chi connectivity index (χ3v) is 6.75. The second-order valence-electron chi connectivity index (χ2n) is 9.51. The highest BCUT2D eigenvalue weighted by Crippen LogP contribution is 2.21. The molecule has 0 bridgehead atoms. The molecule has 1 aliphatic rings. The molecule has 0 saturated carbocycles. The lowest BCUT2D eigenvalue weighted by molar-refractivity contribution is 0.133. The van der Waals surface area contributed by atoms with Crippen molar-refractivity contribution in [3.8, 4) is 11.8 Å². The first-order chi connectivity index (χ1) is 18.0. The first-order valence-corrected chi connectivity index (χ1v) is 12.8. The monoisotopic (exact) mass is 497 g/mol. The maximum atomic E-state index is 12.0. The molecule has 1 fully saturated rings. The molecule has 0 radical (unpaired) electrons. The molecule has 1 heterocycles. The van der Waals surface area contributed by atoms with Gasteiger partial charge < -0.3 is 15.4 Å². The molecule has 3 aromatic carbocycles. The molecule has 7 nitrogen and oxygen atoms in total. The summed E-state index contributed by atoms with van der Waals surface area (Å²) >= 11 is 0.